The van der Waals surface area contributed by atoms with E-state index >= 15 is 0 Å². The molecule has 24 heavy (non-hydrogen) atoms. The molecule has 0 amide bonds. The van der Waals surface area contributed by atoms with Crippen LogP contribution in [0.1, 0.15) is 32.1 Å². The van der Waals surface area contributed by atoms with Gasteiger partial charge in [0.2, 0.25) is 0 Å². The number of hydrogen-bond acceptors (Lipinski definition) is 5. The van der Waals surface area contributed by atoms with E-state index < -0.39 is 5.82 Å². The molecule has 1 saturated carbocycles. The van der Waals surface area contributed by atoms with Crippen LogP contribution in [0.15, 0.2) is 18.5 Å². The first-order valence-corrected chi connectivity index (χ1v) is 8.74. The monoisotopic (exact) mass is 330 g/mol. The van der Waals surface area contributed by atoms with Crippen LogP contribution in [0.2, 0.25) is 0 Å². The van der Waals surface area contributed by atoms with Crippen LogP contribution in [0.3, 0.4) is 0 Å². The maximum atomic E-state index is 14.4. The smallest absolute Gasteiger partial charge is 0.191 e. The maximum Gasteiger partial charge on any atom is 0.191 e. The molecule has 2 heterocycles. The van der Waals surface area contributed by atoms with Crippen molar-refractivity contribution >= 4 is 16.7 Å². The van der Waals surface area contributed by atoms with Gasteiger partial charge < -0.3 is 10.1 Å². The Balaban J connectivity index is 1.53. The zero-order valence-corrected chi connectivity index (χ0v) is 14.0. The first kappa shape index (κ1) is 15.6. The third kappa shape index (κ3) is 2.79. The highest BCUT2D eigenvalue weighted by Crippen LogP contribution is 2.30. The standard InChI is InChI=1S/C18H23FN4O/c1-24-15-7-6-14-17(16(15)19)20-11-21-18(14)22-12-8-9-23(10-12)13-4-2-3-5-13/h6-7,11-13H,2-5,8-10H2,1H3,(H,20,21,22). The summed E-state index contributed by atoms with van der Waals surface area (Å²) in [5.41, 5.74) is 0.303. The van der Waals surface area contributed by atoms with Gasteiger partial charge in [0.15, 0.2) is 11.6 Å². The van der Waals surface area contributed by atoms with Crippen molar-refractivity contribution in [3.63, 3.8) is 0 Å². The highest BCUT2D eigenvalue weighted by atomic mass is 19.1. The maximum absolute atomic E-state index is 14.4. The Hall–Kier alpha value is -1.95. The van der Waals surface area contributed by atoms with Crippen molar-refractivity contribution in [2.24, 2.45) is 0 Å². The number of likely N-dealkylation sites (tertiary alicyclic amines) is 1. The number of halogens is 1. The van der Waals surface area contributed by atoms with Crippen LogP contribution in [-0.4, -0.2) is 47.2 Å². The van der Waals surface area contributed by atoms with E-state index in [1.165, 1.54) is 39.1 Å². The van der Waals surface area contributed by atoms with Crippen molar-refractivity contribution in [1.29, 1.82) is 0 Å². The van der Waals surface area contributed by atoms with E-state index in [4.69, 9.17) is 4.74 Å². The SMILES string of the molecule is COc1ccc2c(NC3CCN(C4CCCC4)C3)ncnc2c1F. The fraction of sp³-hybridized carbons (Fsp3) is 0.556. The Morgan fingerprint density at radius 3 is 2.83 bits per heavy atom. The van der Waals surface area contributed by atoms with Gasteiger partial charge >= 0.3 is 0 Å². The molecular formula is C18H23FN4O. The number of methoxy groups -OCH3 is 1. The van der Waals surface area contributed by atoms with E-state index in [2.05, 4.69) is 20.2 Å². The molecule has 2 aliphatic rings. The lowest BCUT2D eigenvalue weighted by atomic mass is 10.2. The quantitative estimate of drug-likeness (QED) is 0.933. The average Bonchev–Trinajstić information content (AvgIpc) is 3.27. The predicted octanol–water partition coefficient (Wildman–Crippen LogP) is 3.21. The second-order valence-corrected chi connectivity index (χ2v) is 6.76. The molecule has 2 aromatic rings. The molecule has 0 spiro atoms. The van der Waals surface area contributed by atoms with Crippen molar-refractivity contribution in [3.8, 4) is 5.75 Å². The molecule has 2 fully saturated rings. The zero-order valence-electron chi connectivity index (χ0n) is 14.0. The van der Waals surface area contributed by atoms with Crippen LogP contribution in [0.4, 0.5) is 10.2 Å². The van der Waals surface area contributed by atoms with Crippen LogP contribution >= 0.6 is 0 Å². The summed E-state index contributed by atoms with van der Waals surface area (Å²) in [5.74, 6) is 0.486. The van der Waals surface area contributed by atoms with Crippen LogP contribution in [0.25, 0.3) is 10.9 Å². The molecule has 128 valence electrons. The minimum atomic E-state index is -0.431. The Morgan fingerprint density at radius 1 is 1.21 bits per heavy atom. The molecule has 1 N–H and O–H groups in total. The van der Waals surface area contributed by atoms with E-state index in [1.54, 1.807) is 6.07 Å². The highest BCUT2D eigenvalue weighted by molar-refractivity contribution is 5.90. The van der Waals surface area contributed by atoms with Crippen molar-refractivity contribution < 1.29 is 9.13 Å². The van der Waals surface area contributed by atoms with Gasteiger partial charge in [-0.1, -0.05) is 12.8 Å². The van der Waals surface area contributed by atoms with Gasteiger partial charge in [-0.3, -0.25) is 4.90 Å². The number of anilines is 1. The minimum Gasteiger partial charge on any atom is -0.494 e. The van der Waals surface area contributed by atoms with Gasteiger partial charge in [0.25, 0.3) is 0 Å². The van der Waals surface area contributed by atoms with Gasteiger partial charge in [-0.05, 0) is 31.4 Å². The summed E-state index contributed by atoms with van der Waals surface area (Å²) in [4.78, 5) is 11.0. The molecule has 0 radical (unpaired) electrons. The topological polar surface area (TPSA) is 50.3 Å². The van der Waals surface area contributed by atoms with Crippen LogP contribution < -0.4 is 10.1 Å². The summed E-state index contributed by atoms with van der Waals surface area (Å²) in [6, 6.07) is 4.56. The van der Waals surface area contributed by atoms with Crippen LogP contribution in [0.5, 0.6) is 5.75 Å². The number of nitrogens with one attached hydrogen (secondary N) is 1. The highest BCUT2D eigenvalue weighted by Gasteiger charge is 2.30. The Kier molecular flexibility index (Phi) is 4.22. The summed E-state index contributed by atoms with van der Waals surface area (Å²) in [7, 11) is 1.46. The van der Waals surface area contributed by atoms with Crippen LogP contribution in [-0.2, 0) is 0 Å². The molecule has 5 nitrogen and oxygen atoms in total. The number of hydrogen-bond donors (Lipinski definition) is 1. The lowest BCUT2D eigenvalue weighted by molar-refractivity contribution is 0.245. The molecule has 1 saturated heterocycles. The summed E-state index contributed by atoms with van der Waals surface area (Å²) in [6.45, 7) is 2.17. The third-order valence-electron chi connectivity index (χ3n) is 5.33. The lowest BCUT2D eigenvalue weighted by Crippen LogP contribution is -2.33. The van der Waals surface area contributed by atoms with E-state index in [-0.39, 0.29) is 5.75 Å². The Bertz CT molecular complexity index is 732. The van der Waals surface area contributed by atoms with Gasteiger partial charge in [0, 0.05) is 30.6 Å². The van der Waals surface area contributed by atoms with Gasteiger partial charge in [-0.2, -0.15) is 0 Å². The largest absolute Gasteiger partial charge is 0.494 e. The normalized spacial score (nSPS) is 22.3. The fourth-order valence-corrected chi connectivity index (χ4v) is 4.05. The van der Waals surface area contributed by atoms with Crippen molar-refractivity contribution in [2.75, 3.05) is 25.5 Å². The molecule has 1 unspecified atom stereocenters. The number of fused-ring (bicyclic) bond motifs is 1. The Labute approximate surface area is 141 Å². The molecule has 1 aliphatic heterocycles. The first-order chi connectivity index (χ1) is 11.8. The molecular weight excluding hydrogens is 307 g/mol. The van der Waals surface area contributed by atoms with E-state index in [0.29, 0.717) is 22.8 Å². The third-order valence-corrected chi connectivity index (χ3v) is 5.33. The zero-order chi connectivity index (χ0) is 16.5. The van der Waals surface area contributed by atoms with Gasteiger partial charge in [-0.25, -0.2) is 14.4 Å². The molecule has 4 rings (SSSR count). The molecule has 0 bridgehead atoms. The number of ether oxygens (including phenoxy) is 1. The predicted molar refractivity (Wildman–Crippen MR) is 91.9 cm³/mol. The first-order valence-electron chi connectivity index (χ1n) is 8.74. The van der Waals surface area contributed by atoms with Gasteiger partial charge in [0.1, 0.15) is 17.7 Å². The van der Waals surface area contributed by atoms with Gasteiger partial charge in [-0.15, -0.1) is 0 Å². The van der Waals surface area contributed by atoms with Gasteiger partial charge in [0.05, 0.1) is 7.11 Å². The molecule has 1 aromatic carbocycles. The summed E-state index contributed by atoms with van der Waals surface area (Å²) in [6.07, 6.45) is 7.88. The summed E-state index contributed by atoms with van der Waals surface area (Å²) < 4.78 is 19.4. The second-order valence-electron chi connectivity index (χ2n) is 6.76. The molecule has 1 aliphatic carbocycles. The van der Waals surface area contributed by atoms with E-state index in [9.17, 15) is 4.39 Å². The number of benzene rings is 1. The minimum absolute atomic E-state index is 0.209. The van der Waals surface area contributed by atoms with Crippen molar-refractivity contribution in [1.82, 2.24) is 14.9 Å². The number of aromatic nitrogens is 2. The van der Waals surface area contributed by atoms with E-state index in [0.717, 1.165) is 25.6 Å². The fourth-order valence-electron chi connectivity index (χ4n) is 4.05. The van der Waals surface area contributed by atoms with Crippen molar-refractivity contribution in [3.05, 3.63) is 24.3 Å². The van der Waals surface area contributed by atoms with Crippen LogP contribution in [0, 0.1) is 5.82 Å². The molecule has 6 heteroatoms. The molecule has 1 aromatic heterocycles. The van der Waals surface area contributed by atoms with Crippen molar-refractivity contribution in [2.45, 2.75) is 44.2 Å². The number of nitrogens with zero attached hydrogens (tertiary/aromatic N) is 3. The Morgan fingerprint density at radius 2 is 2.04 bits per heavy atom. The lowest BCUT2D eigenvalue weighted by Gasteiger charge is -2.23. The summed E-state index contributed by atoms with van der Waals surface area (Å²) in [5, 5.41) is 4.21. The van der Waals surface area contributed by atoms with E-state index in [1.807, 2.05) is 6.07 Å². The average molecular weight is 330 g/mol. The second kappa shape index (κ2) is 6.51. The summed E-state index contributed by atoms with van der Waals surface area (Å²) >= 11 is 0. The molecule has 1 atom stereocenters. The number of rotatable bonds is 4.